The van der Waals surface area contributed by atoms with Gasteiger partial charge in [0, 0.05) is 24.0 Å². The van der Waals surface area contributed by atoms with Gasteiger partial charge in [0.1, 0.15) is 5.60 Å². The molecule has 1 atom stereocenters. The summed E-state index contributed by atoms with van der Waals surface area (Å²) < 4.78 is 5.23. The molecule has 0 spiro atoms. The summed E-state index contributed by atoms with van der Waals surface area (Å²) >= 11 is 0. The number of benzene rings is 1. The van der Waals surface area contributed by atoms with Crippen LogP contribution in [0.4, 0.5) is 0 Å². The van der Waals surface area contributed by atoms with Crippen molar-refractivity contribution in [3.8, 4) is 11.3 Å². The number of aromatic nitrogens is 2. The van der Waals surface area contributed by atoms with Gasteiger partial charge in [-0.05, 0) is 42.5 Å². The van der Waals surface area contributed by atoms with Crippen LogP contribution in [-0.4, -0.2) is 27.7 Å². The van der Waals surface area contributed by atoms with Crippen molar-refractivity contribution in [3.05, 3.63) is 71.7 Å². The number of nitrogens with one attached hydrogen (secondary N) is 1. The summed E-state index contributed by atoms with van der Waals surface area (Å²) in [4.78, 5) is 16.4. The normalized spacial score (nSPS) is 19.0. The van der Waals surface area contributed by atoms with E-state index in [9.17, 15) is 9.90 Å². The van der Waals surface area contributed by atoms with Crippen LogP contribution >= 0.6 is 0 Å². The summed E-state index contributed by atoms with van der Waals surface area (Å²) in [5.41, 5.74) is 1.90. The Hall–Kier alpha value is -2.99. The van der Waals surface area contributed by atoms with Crippen LogP contribution in [0.5, 0.6) is 0 Å². The van der Waals surface area contributed by atoms with Crippen LogP contribution in [0.1, 0.15) is 34.5 Å². The van der Waals surface area contributed by atoms with Crippen LogP contribution in [-0.2, 0) is 12.0 Å². The Morgan fingerprint density at radius 3 is 3.00 bits per heavy atom. The van der Waals surface area contributed by atoms with Crippen molar-refractivity contribution in [1.82, 2.24) is 15.5 Å². The fraction of sp³-hybridized carbons (Fsp3) is 0.250. The predicted octanol–water partition coefficient (Wildman–Crippen LogP) is 2.69. The molecule has 1 aliphatic carbocycles. The maximum Gasteiger partial charge on any atom is 0.273 e. The van der Waals surface area contributed by atoms with Gasteiger partial charge in [-0.3, -0.25) is 9.78 Å². The van der Waals surface area contributed by atoms with Gasteiger partial charge in [-0.15, -0.1) is 0 Å². The van der Waals surface area contributed by atoms with E-state index in [1.54, 1.807) is 24.5 Å². The summed E-state index contributed by atoms with van der Waals surface area (Å²) in [6, 6.07) is 13.0. The molecule has 2 N–H and O–H groups in total. The van der Waals surface area contributed by atoms with E-state index < -0.39 is 5.60 Å². The Morgan fingerprint density at radius 1 is 1.27 bits per heavy atom. The number of amides is 1. The zero-order valence-corrected chi connectivity index (χ0v) is 14.2. The highest BCUT2D eigenvalue weighted by Gasteiger charge is 2.34. The summed E-state index contributed by atoms with van der Waals surface area (Å²) in [6.07, 6.45) is 5.76. The molecule has 0 fully saturated rings. The molecule has 0 radical (unpaired) electrons. The zero-order valence-electron chi connectivity index (χ0n) is 14.2. The van der Waals surface area contributed by atoms with E-state index in [0.717, 1.165) is 29.5 Å². The molecular weight excluding hydrogens is 330 g/mol. The molecule has 2 heterocycles. The molecule has 1 unspecified atom stereocenters. The molecule has 6 nitrogen and oxygen atoms in total. The molecule has 26 heavy (non-hydrogen) atoms. The van der Waals surface area contributed by atoms with Crippen LogP contribution in [0.15, 0.2) is 59.4 Å². The average molecular weight is 349 g/mol. The fourth-order valence-electron chi connectivity index (χ4n) is 3.43. The van der Waals surface area contributed by atoms with Gasteiger partial charge in [-0.1, -0.05) is 29.4 Å². The van der Waals surface area contributed by atoms with Crippen molar-refractivity contribution < 1.29 is 14.4 Å². The molecule has 1 amide bonds. The second kappa shape index (κ2) is 6.72. The minimum Gasteiger partial charge on any atom is -0.383 e. The van der Waals surface area contributed by atoms with Crippen LogP contribution in [0, 0.1) is 0 Å². The van der Waals surface area contributed by atoms with Gasteiger partial charge in [-0.2, -0.15) is 0 Å². The Balaban J connectivity index is 1.47. The molecule has 3 aromatic rings. The molecule has 132 valence electrons. The SMILES string of the molecule is O=C(NCC1(O)CCCc2ccccc21)c1cc(-c2cccnc2)on1. The largest absolute Gasteiger partial charge is 0.383 e. The van der Waals surface area contributed by atoms with Crippen molar-refractivity contribution in [2.24, 2.45) is 0 Å². The smallest absolute Gasteiger partial charge is 0.273 e. The number of hydrogen-bond acceptors (Lipinski definition) is 5. The summed E-state index contributed by atoms with van der Waals surface area (Å²) in [6.45, 7) is 0.137. The van der Waals surface area contributed by atoms with Gasteiger partial charge < -0.3 is 14.9 Å². The quantitative estimate of drug-likeness (QED) is 0.756. The third-order valence-electron chi connectivity index (χ3n) is 4.79. The maximum atomic E-state index is 12.4. The van der Waals surface area contributed by atoms with Crippen LogP contribution in [0.25, 0.3) is 11.3 Å². The predicted molar refractivity (Wildman–Crippen MR) is 95.3 cm³/mol. The van der Waals surface area contributed by atoms with E-state index in [1.165, 1.54) is 0 Å². The topological polar surface area (TPSA) is 88.2 Å². The minimum atomic E-state index is -1.06. The highest BCUT2D eigenvalue weighted by atomic mass is 16.5. The van der Waals surface area contributed by atoms with Crippen LogP contribution in [0.2, 0.25) is 0 Å². The molecular formula is C20H19N3O3. The lowest BCUT2D eigenvalue weighted by Gasteiger charge is -2.34. The van der Waals surface area contributed by atoms with Gasteiger partial charge in [0.25, 0.3) is 5.91 Å². The van der Waals surface area contributed by atoms with Gasteiger partial charge in [-0.25, -0.2) is 0 Å². The van der Waals surface area contributed by atoms with E-state index in [0.29, 0.717) is 12.2 Å². The van der Waals surface area contributed by atoms with E-state index in [-0.39, 0.29) is 18.1 Å². The third-order valence-corrected chi connectivity index (χ3v) is 4.79. The third kappa shape index (κ3) is 3.11. The molecule has 2 aromatic heterocycles. The molecule has 4 rings (SSSR count). The Bertz CT molecular complexity index is 923. The number of nitrogens with zero attached hydrogens (tertiary/aromatic N) is 2. The first-order valence-electron chi connectivity index (χ1n) is 8.62. The Labute approximate surface area is 150 Å². The average Bonchev–Trinajstić information content (AvgIpc) is 3.18. The second-order valence-electron chi connectivity index (χ2n) is 6.54. The Kier molecular flexibility index (Phi) is 4.26. The van der Waals surface area contributed by atoms with Crippen molar-refractivity contribution in [1.29, 1.82) is 0 Å². The standard InChI is InChI=1S/C20H19N3O3/c24-19(17-11-18(26-23-17)15-7-4-10-21-12-15)22-13-20(25)9-3-6-14-5-1-2-8-16(14)20/h1-2,4-5,7-8,10-12,25H,3,6,9,13H2,(H,22,24). The lowest BCUT2D eigenvalue weighted by molar-refractivity contribution is 0.0188. The first-order valence-corrected chi connectivity index (χ1v) is 8.62. The van der Waals surface area contributed by atoms with Crippen molar-refractivity contribution in [2.75, 3.05) is 6.54 Å². The zero-order chi connectivity index (χ0) is 18.0. The summed E-state index contributed by atoms with van der Waals surface area (Å²) in [7, 11) is 0. The number of pyridine rings is 1. The van der Waals surface area contributed by atoms with E-state index >= 15 is 0 Å². The number of aliphatic hydroxyl groups is 1. The molecule has 1 aromatic carbocycles. The molecule has 6 heteroatoms. The minimum absolute atomic E-state index is 0.137. The molecule has 0 saturated carbocycles. The summed E-state index contributed by atoms with van der Waals surface area (Å²) in [5, 5.41) is 17.7. The first kappa shape index (κ1) is 16.5. The molecule has 1 aliphatic rings. The van der Waals surface area contributed by atoms with Gasteiger partial charge in [0.2, 0.25) is 0 Å². The van der Waals surface area contributed by atoms with Crippen molar-refractivity contribution in [3.63, 3.8) is 0 Å². The lowest BCUT2D eigenvalue weighted by Crippen LogP contribution is -2.43. The fourth-order valence-corrected chi connectivity index (χ4v) is 3.43. The molecule has 0 saturated heterocycles. The number of carbonyl (C=O) groups is 1. The Morgan fingerprint density at radius 2 is 2.15 bits per heavy atom. The monoisotopic (exact) mass is 349 g/mol. The lowest BCUT2D eigenvalue weighted by atomic mass is 9.79. The molecule has 0 aliphatic heterocycles. The number of aryl methyl sites for hydroxylation is 1. The van der Waals surface area contributed by atoms with Crippen molar-refractivity contribution in [2.45, 2.75) is 24.9 Å². The van der Waals surface area contributed by atoms with Crippen LogP contribution in [0.3, 0.4) is 0 Å². The highest BCUT2D eigenvalue weighted by molar-refractivity contribution is 5.93. The molecule has 0 bridgehead atoms. The van der Waals surface area contributed by atoms with Crippen LogP contribution < -0.4 is 5.32 Å². The van der Waals surface area contributed by atoms with Gasteiger partial charge in [0.15, 0.2) is 11.5 Å². The van der Waals surface area contributed by atoms with E-state index in [2.05, 4.69) is 15.5 Å². The van der Waals surface area contributed by atoms with E-state index in [4.69, 9.17) is 4.52 Å². The second-order valence-corrected chi connectivity index (χ2v) is 6.54. The summed E-state index contributed by atoms with van der Waals surface area (Å²) in [5.74, 6) is 0.102. The van der Waals surface area contributed by atoms with Crippen molar-refractivity contribution >= 4 is 5.91 Å². The van der Waals surface area contributed by atoms with Gasteiger partial charge >= 0.3 is 0 Å². The number of hydrogen-bond donors (Lipinski definition) is 2. The first-order chi connectivity index (χ1) is 12.7. The van der Waals surface area contributed by atoms with Gasteiger partial charge in [0.05, 0.1) is 6.54 Å². The number of fused-ring (bicyclic) bond motifs is 1. The van der Waals surface area contributed by atoms with E-state index in [1.807, 2.05) is 30.3 Å². The number of carbonyl (C=O) groups excluding carboxylic acids is 1. The maximum absolute atomic E-state index is 12.4. The number of rotatable bonds is 4. The highest BCUT2D eigenvalue weighted by Crippen LogP contribution is 2.34.